The van der Waals surface area contributed by atoms with Crippen molar-refractivity contribution < 1.29 is 9.53 Å². The number of imidazole rings is 1. The molecule has 5 rings (SSSR count). The zero-order valence-electron chi connectivity index (χ0n) is 17.5. The summed E-state index contributed by atoms with van der Waals surface area (Å²) >= 11 is 1.69. The third kappa shape index (κ3) is 3.88. The van der Waals surface area contributed by atoms with Crippen LogP contribution in [-0.4, -0.2) is 44.6 Å². The van der Waals surface area contributed by atoms with Crippen molar-refractivity contribution in [2.45, 2.75) is 64.6 Å². The number of amides is 1. The van der Waals surface area contributed by atoms with Crippen LogP contribution in [0.15, 0.2) is 23.6 Å². The van der Waals surface area contributed by atoms with E-state index in [0.29, 0.717) is 18.7 Å². The Kier molecular flexibility index (Phi) is 5.56. The van der Waals surface area contributed by atoms with Crippen molar-refractivity contribution in [3.05, 3.63) is 45.5 Å². The molecule has 2 aliphatic rings. The summed E-state index contributed by atoms with van der Waals surface area (Å²) in [5.74, 6) is 1.10. The van der Waals surface area contributed by atoms with Gasteiger partial charge < -0.3 is 14.2 Å². The molecule has 5 heterocycles. The minimum Gasteiger partial charge on any atom is -0.376 e. The molecular formula is C23H28N4O2S. The molecule has 1 atom stereocenters. The molecule has 0 N–H and O–H groups in total. The number of aromatic nitrogens is 3. The zero-order valence-corrected chi connectivity index (χ0v) is 18.3. The van der Waals surface area contributed by atoms with Gasteiger partial charge in [0.2, 0.25) is 0 Å². The smallest absolute Gasteiger partial charge is 0.256 e. The van der Waals surface area contributed by atoms with E-state index in [9.17, 15) is 4.79 Å². The number of hydrogen-bond donors (Lipinski definition) is 0. The van der Waals surface area contributed by atoms with E-state index in [-0.39, 0.29) is 12.0 Å². The Labute approximate surface area is 180 Å². The van der Waals surface area contributed by atoms with E-state index < -0.39 is 0 Å². The van der Waals surface area contributed by atoms with Gasteiger partial charge in [0.1, 0.15) is 11.3 Å². The molecule has 158 valence electrons. The minimum absolute atomic E-state index is 0.0302. The number of carbonyl (C=O) groups excluding carboxylic acids is 1. The van der Waals surface area contributed by atoms with Crippen LogP contribution in [0.5, 0.6) is 0 Å². The van der Waals surface area contributed by atoms with Crippen LogP contribution in [0.3, 0.4) is 0 Å². The number of thiophene rings is 1. The van der Waals surface area contributed by atoms with Crippen molar-refractivity contribution in [1.82, 2.24) is 19.4 Å². The number of nitrogens with zero attached hydrogens (tertiary/aromatic N) is 4. The fourth-order valence-corrected chi connectivity index (χ4v) is 5.31. The maximum absolute atomic E-state index is 13.8. The second-order valence-electron chi connectivity index (χ2n) is 8.37. The van der Waals surface area contributed by atoms with Gasteiger partial charge >= 0.3 is 0 Å². The standard InChI is InChI=1S/C23H28N4O2S/c1-16-13-19(21-22(24-16)27-10-4-2-3-9-20(27)25-21)23(28)26(14-17-7-5-11-29-17)15-18-8-6-12-30-18/h6,8,12-13,17H,2-5,7,9-11,14-15H2,1H3. The highest BCUT2D eigenvalue weighted by atomic mass is 32.1. The van der Waals surface area contributed by atoms with E-state index in [4.69, 9.17) is 14.7 Å². The number of pyridine rings is 1. The highest BCUT2D eigenvalue weighted by Crippen LogP contribution is 2.26. The van der Waals surface area contributed by atoms with Crippen molar-refractivity contribution >= 4 is 28.4 Å². The maximum Gasteiger partial charge on any atom is 0.256 e. The van der Waals surface area contributed by atoms with Gasteiger partial charge in [-0.15, -0.1) is 11.3 Å². The zero-order chi connectivity index (χ0) is 20.5. The summed E-state index contributed by atoms with van der Waals surface area (Å²) < 4.78 is 8.09. The van der Waals surface area contributed by atoms with E-state index in [2.05, 4.69) is 16.0 Å². The molecule has 30 heavy (non-hydrogen) atoms. The van der Waals surface area contributed by atoms with E-state index in [1.807, 2.05) is 24.0 Å². The molecule has 3 aromatic rings. The third-order valence-electron chi connectivity index (χ3n) is 6.09. The molecule has 6 nitrogen and oxygen atoms in total. The highest BCUT2D eigenvalue weighted by molar-refractivity contribution is 7.09. The summed E-state index contributed by atoms with van der Waals surface area (Å²) in [5, 5.41) is 2.06. The summed E-state index contributed by atoms with van der Waals surface area (Å²) in [4.78, 5) is 26.6. The first kappa shape index (κ1) is 19.7. The van der Waals surface area contributed by atoms with Crippen LogP contribution in [0.25, 0.3) is 11.2 Å². The highest BCUT2D eigenvalue weighted by Gasteiger charge is 2.27. The second-order valence-corrected chi connectivity index (χ2v) is 9.41. The van der Waals surface area contributed by atoms with Crippen molar-refractivity contribution in [3.8, 4) is 0 Å². The number of ether oxygens (including phenoxy) is 1. The van der Waals surface area contributed by atoms with Crippen LogP contribution in [-0.2, 0) is 24.2 Å². The van der Waals surface area contributed by atoms with Gasteiger partial charge in [-0.05, 0) is 50.1 Å². The molecule has 0 bridgehead atoms. The molecule has 1 unspecified atom stereocenters. The average Bonchev–Trinajstić information content (AvgIpc) is 3.47. The number of carbonyl (C=O) groups is 1. The molecule has 1 saturated heterocycles. The molecule has 0 aromatic carbocycles. The van der Waals surface area contributed by atoms with Gasteiger partial charge in [-0.2, -0.15) is 0 Å². The lowest BCUT2D eigenvalue weighted by atomic mass is 10.1. The monoisotopic (exact) mass is 424 g/mol. The van der Waals surface area contributed by atoms with Gasteiger partial charge in [0.05, 0.1) is 18.2 Å². The molecule has 7 heteroatoms. The molecule has 0 spiro atoms. The van der Waals surface area contributed by atoms with E-state index >= 15 is 0 Å². The van der Waals surface area contributed by atoms with Crippen LogP contribution < -0.4 is 0 Å². The topological polar surface area (TPSA) is 60.3 Å². The van der Waals surface area contributed by atoms with Crippen molar-refractivity contribution in [1.29, 1.82) is 0 Å². The first-order chi connectivity index (χ1) is 14.7. The fraction of sp³-hybridized carbons (Fsp3) is 0.522. The molecule has 3 aromatic heterocycles. The van der Waals surface area contributed by atoms with Crippen LogP contribution in [0.4, 0.5) is 0 Å². The molecule has 0 aliphatic carbocycles. The van der Waals surface area contributed by atoms with Crippen LogP contribution in [0.1, 0.15) is 58.9 Å². The Morgan fingerprint density at radius 2 is 2.23 bits per heavy atom. The third-order valence-corrected chi connectivity index (χ3v) is 6.95. The van der Waals surface area contributed by atoms with Gasteiger partial charge in [-0.25, -0.2) is 9.97 Å². The summed E-state index contributed by atoms with van der Waals surface area (Å²) in [5.41, 5.74) is 3.16. The van der Waals surface area contributed by atoms with Crippen LogP contribution in [0, 0.1) is 6.92 Å². The largest absolute Gasteiger partial charge is 0.376 e. The fourth-order valence-electron chi connectivity index (χ4n) is 4.59. The Morgan fingerprint density at radius 1 is 1.30 bits per heavy atom. The predicted octanol–water partition coefficient (Wildman–Crippen LogP) is 4.35. The normalized spacial score (nSPS) is 19.0. The maximum atomic E-state index is 13.8. The van der Waals surface area contributed by atoms with E-state index in [0.717, 1.165) is 67.9 Å². The van der Waals surface area contributed by atoms with Gasteiger partial charge in [0, 0.05) is 36.7 Å². The summed E-state index contributed by atoms with van der Waals surface area (Å²) in [6, 6.07) is 6.04. The number of aryl methyl sites for hydroxylation is 3. The summed E-state index contributed by atoms with van der Waals surface area (Å²) in [6.45, 7) is 4.92. The van der Waals surface area contributed by atoms with Gasteiger partial charge in [0.25, 0.3) is 5.91 Å². The van der Waals surface area contributed by atoms with E-state index in [1.54, 1.807) is 11.3 Å². The molecule has 2 aliphatic heterocycles. The quantitative estimate of drug-likeness (QED) is 0.611. The van der Waals surface area contributed by atoms with Gasteiger partial charge in [-0.1, -0.05) is 12.5 Å². The molecular weight excluding hydrogens is 396 g/mol. The Hall–Kier alpha value is -2.25. The second kappa shape index (κ2) is 8.47. The Balaban J connectivity index is 1.53. The van der Waals surface area contributed by atoms with Crippen molar-refractivity contribution in [2.75, 3.05) is 13.2 Å². The molecule has 0 saturated carbocycles. The number of hydrogen-bond acceptors (Lipinski definition) is 5. The predicted molar refractivity (Wildman–Crippen MR) is 118 cm³/mol. The SMILES string of the molecule is Cc1cc(C(=O)N(Cc2cccs2)CC2CCCO2)c2nc3n(c2n1)CCCCC3. The first-order valence-corrected chi connectivity index (χ1v) is 11.9. The molecule has 1 fully saturated rings. The van der Waals surface area contributed by atoms with Crippen molar-refractivity contribution in [2.24, 2.45) is 0 Å². The number of rotatable bonds is 5. The van der Waals surface area contributed by atoms with Gasteiger partial charge in [-0.3, -0.25) is 4.79 Å². The van der Waals surface area contributed by atoms with Gasteiger partial charge in [0.15, 0.2) is 5.65 Å². The molecule has 0 radical (unpaired) electrons. The Bertz CT molecular complexity index is 1040. The lowest BCUT2D eigenvalue weighted by molar-refractivity contribution is 0.0511. The lowest BCUT2D eigenvalue weighted by Gasteiger charge is -2.25. The first-order valence-electron chi connectivity index (χ1n) is 11.0. The van der Waals surface area contributed by atoms with Crippen LogP contribution in [0.2, 0.25) is 0 Å². The Morgan fingerprint density at radius 3 is 3.03 bits per heavy atom. The minimum atomic E-state index is 0.0302. The van der Waals surface area contributed by atoms with Crippen molar-refractivity contribution in [3.63, 3.8) is 0 Å². The summed E-state index contributed by atoms with van der Waals surface area (Å²) in [7, 11) is 0. The molecule has 1 amide bonds. The van der Waals surface area contributed by atoms with E-state index in [1.165, 1.54) is 11.3 Å². The summed E-state index contributed by atoms with van der Waals surface area (Å²) in [6.07, 6.45) is 6.66. The number of fused-ring (bicyclic) bond motifs is 3. The van der Waals surface area contributed by atoms with Crippen LogP contribution >= 0.6 is 11.3 Å². The average molecular weight is 425 g/mol. The lowest BCUT2D eigenvalue weighted by Crippen LogP contribution is -2.37.